The molecule has 0 spiro atoms. The van der Waals surface area contributed by atoms with Crippen molar-refractivity contribution in [3.05, 3.63) is 35.9 Å². The van der Waals surface area contributed by atoms with Crippen LogP contribution in [0.4, 0.5) is 0 Å². The molecule has 0 aromatic heterocycles. The minimum absolute atomic E-state index is 0.0856. The minimum atomic E-state index is -0.214. The molecule has 1 unspecified atom stereocenters. The Morgan fingerprint density at radius 2 is 1.75 bits per heavy atom. The summed E-state index contributed by atoms with van der Waals surface area (Å²) in [4.78, 5) is 14.9. The fourth-order valence-corrected chi connectivity index (χ4v) is 4.16. The van der Waals surface area contributed by atoms with Gasteiger partial charge < -0.3 is 16.0 Å². The Bertz CT molecular complexity index is 505. The lowest BCUT2D eigenvalue weighted by atomic mass is 9.92. The molecule has 2 fully saturated rings. The summed E-state index contributed by atoms with van der Waals surface area (Å²) in [6.45, 7) is 2.25. The van der Waals surface area contributed by atoms with Crippen LogP contribution in [0.15, 0.2) is 30.3 Å². The molecule has 3 rings (SSSR count). The van der Waals surface area contributed by atoms with Crippen molar-refractivity contribution in [3.63, 3.8) is 0 Å². The molecule has 0 bridgehead atoms. The third-order valence-electron chi connectivity index (χ3n) is 5.62. The van der Waals surface area contributed by atoms with E-state index in [9.17, 15) is 4.79 Å². The summed E-state index contributed by atoms with van der Waals surface area (Å²) in [5, 5.41) is 3.20. The van der Waals surface area contributed by atoms with E-state index >= 15 is 0 Å². The number of likely N-dealkylation sites (tertiary alicyclic amines) is 1. The molecule has 4 nitrogen and oxygen atoms in total. The first kappa shape index (κ1) is 17.4. The lowest BCUT2D eigenvalue weighted by molar-refractivity contribution is -0.122. The summed E-state index contributed by atoms with van der Waals surface area (Å²) in [5.74, 6) is 0.0856. The molecule has 132 valence electrons. The molecule has 0 radical (unpaired) electrons. The van der Waals surface area contributed by atoms with Crippen molar-refractivity contribution < 1.29 is 4.79 Å². The number of carbonyl (C=O) groups excluding carboxylic acids is 1. The fraction of sp³-hybridized carbons (Fsp3) is 0.650. The van der Waals surface area contributed by atoms with Gasteiger partial charge in [-0.15, -0.1) is 0 Å². The van der Waals surface area contributed by atoms with Crippen molar-refractivity contribution in [1.29, 1.82) is 0 Å². The van der Waals surface area contributed by atoms with Crippen LogP contribution in [0.2, 0.25) is 0 Å². The second-order valence-corrected chi connectivity index (χ2v) is 7.39. The zero-order valence-corrected chi connectivity index (χ0v) is 14.6. The summed E-state index contributed by atoms with van der Waals surface area (Å²) in [6, 6.07) is 10.8. The van der Waals surface area contributed by atoms with Gasteiger partial charge in [-0.2, -0.15) is 0 Å². The number of nitrogens with zero attached hydrogens (tertiary/aromatic N) is 1. The largest absolute Gasteiger partial charge is 0.353 e. The zero-order valence-electron chi connectivity index (χ0n) is 14.6. The lowest BCUT2D eigenvalue weighted by Gasteiger charge is -2.39. The van der Waals surface area contributed by atoms with Crippen LogP contribution < -0.4 is 11.1 Å². The van der Waals surface area contributed by atoms with E-state index in [0.717, 1.165) is 37.5 Å². The van der Waals surface area contributed by atoms with Crippen LogP contribution in [0.25, 0.3) is 0 Å². The molecule has 1 aromatic carbocycles. The van der Waals surface area contributed by atoms with E-state index in [-0.39, 0.29) is 11.9 Å². The van der Waals surface area contributed by atoms with E-state index in [1.807, 2.05) is 30.3 Å². The quantitative estimate of drug-likeness (QED) is 0.873. The number of nitrogens with two attached hydrogens (primary N) is 1. The summed E-state index contributed by atoms with van der Waals surface area (Å²) in [7, 11) is 0. The Hall–Kier alpha value is -1.39. The highest BCUT2D eigenvalue weighted by Crippen LogP contribution is 2.25. The minimum Gasteiger partial charge on any atom is -0.353 e. The van der Waals surface area contributed by atoms with Gasteiger partial charge >= 0.3 is 0 Å². The zero-order chi connectivity index (χ0) is 16.8. The van der Waals surface area contributed by atoms with Crippen LogP contribution in [0, 0.1) is 0 Å². The van der Waals surface area contributed by atoms with E-state index in [0.29, 0.717) is 12.5 Å². The average Bonchev–Trinajstić information content (AvgIpc) is 2.64. The molecular formula is C20H31N3O. The number of amides is 1. The molecule has 1 saturated carbocycles. The number of nitrogens with one attached hydrogen (secondary N) is 1. The predicted octanol–water partition coefficient (Wildman–Crippen LogP) is 2.99. The van der Waals surface area contributed by atoms with Crippen LogP contribution >= 0.6 is 0 Å². The maximum Gasteiger partial charge on any atom is 0.222 e. The molecule has 1 heterocycles. The molecule has 2 aliphatic rings. The van der Waals surface area contributed by atoms with Crippen molar-refractivity contribution in [2.45, 2.75) is 69.5 Å². The second-order valence-electron chi connectivity index (χ2n) is 7.39. The van der Waals surface area contributed by atoms with Gasteiger partial charge in [-0.3, -0.25) is 4.79 Å². The standard InChI is InChI=1S/C20H31N3O/c21-19(16-7-3-1-4-8-16)15-20(24)22-17-11-13-23(14-12-17)18-9-5-2-6-10-18/h1,3-4,7-8,17-19H,2,5-6,9-15,21H2,(H,22,24). The predicted molar refractivity (Wildman–Crippen MR) is 97.6 cm³/mol. The number of rotatable bonds is 5. The van der Waals surface area contributed by atoms with Gasteiger partial charge in [0, 0.05) is 37.6 Å². The van der Waals surface area contributed by atoms with Crippen LogP contribution in [0.3, 0.4) is 0 Å². The maximum atomic E-state index is 12.3. The van der Waals surface area contributed by atoms with Gasteiger partial charge in [-0.25, -0.2) is 0 Å². The van der Waals surface area contributed by atoms with Gasteiger partial charge in [0.15, 0.2) is 0 Å². The van der Waals surface area contributed by atoms with Gasteiger partial charge in [0.2, 0.25) is 5.91 Å². The molecule has 3 N–H and O–H groups in total. The normalized spacial score (nSPS) is 22.2. The van der Waals surface area contributed by atoms with E-state index in [1.54, 1.807) is 0 Å². The molecule has 1 aliphatic carbocycles. The Kier molecular flexibility index (Phi) is 6.27. The Balaban J connectivity index is 1.40. The molecule has 1 aromatic rings. The highest BCUT2D eigenvalue weighted by Gasteiger charge is 2.27. The number of piperidine rings is 1. The lowest BCUT2D eigenvalue weighted by Crippen LogP contribution is -2.48. The van der Waals surface area contributed by atoms with E-state index < -0.39 is 0 Å². The third-order valence-corrected chi connectivity index (χ3v) is 5.62. The first-order valence-electron chi connectivity index (χ1n) is 9.56. The highest BCUT2D eigenvalue weighted by atomic mass is 16.1. The highest BCUT2D eigenvalue weighted by molar-refractivity contribution is 5.77. The van der Waals surface area contributed by atoms with Gasteiger partial charge in [0.05, 0.1) is 0 Å². The monoisotopic (exact) mass is 329 g/mol. The Morgan fingerprint density at radius 3 is 2.42 bits per heavy atom. The summed E-state index contributed by atoms with van der Waals surface area (Å²) >= 11 is 0. The molecular weight excluding hydrogens is 298 g/mol. The van der Waals surface area contributed by atoms with Crippen molar-refractivity contribution in [2.24, 2.45) is 5.73 Å². The number of carbonyl (C=O) groups is 1. The van der Waals surface area contributed by atoms with Crippen molar-refractivity contribution in [3.8, 4) is 0 Å². The molecule has 4 heteroatoms. The Labute approximate surface area is 145 Å². The first-order chi connectivity index (χ1) is 11.7. The van der Waals surface area contributed by atoms with E-state index in [4.69, 9.17) is 5.73 Å². The molecule has 1 amide bonds. The van der Waals surface area contributed by atoms with Crippen LogP contribution in [-0.2, 0) is 4.79 Å². The number of hydrogen-bond acceptors (Lipinski definition) is 3. The van der Waals surface area contributed by atoms with Gasteiger partial charge in [-0.1, -0.05) is 49.6 Å². The topological polar surface area (TPSA) is 58.4 Å². The summed E-state index contributed by atoms with van der Waals surface area (Å²) in [5.41, 5.74) is 7.18. The molecule has 24 heavy (non-hydrogen) atoms. The smallest absolute Gasteiger partial charge is 0.222 e. The number of hydrogen-bond donors (Lipinski definition) is 2. The van der Waals surface area contributed by atoms with Crippen molar-refractivity contribution in [1.82, 2.24) is 10.2 Å². The maximum absolute atomic E-state index is 12.3. The molecule has 1 aliphatic heterocycles. The van der Waals surface area contributed by atoms with Crippen LogP contribution in [0.5, 0.6) is 0 Å². The number of benzene rings is 1. The SMILES string of the molecule is NC(CC(=O)NC1CCN(C2CCCCC2)CC1)c1ccccc1. The van der Waals surface area contributed by atoms with Gasteiger partial charge in [0.1, 0.15) is 0 Å². The summed E-state index contributed by atoms with van der Waals surface area (Å²) < 4.78 is 0. The summed E-state index contributed by atoms with van der Waals surface area (Å²) in [6.07, 6.45) is 9.42. The molecule has 1 atom stereocenters. The molecule has 1 saturated heterocycles. The third kappa shape index (κ3) is 4.81. The van der Waals surface area contributed by atoms with Crippen molar-refractivity contribution in [2.75, 3.05) is 13.1 Å². The average molecular weight is 329 g/mol. The van der Waals surface area contributed by atoms with Gasteiger partial charge in [0.25, 0.3) is 0 Å². The van der Waals surface area contributed by atoms with E-state index in [2.05, 4.69) is 10.2 Å². The van der Waals surface area contributed by atoms with Gasteiger partial charge in [-0.05, 0) is 31.2 Å². The van der Waals surface area contributed by atoms with Crippen molar-refractivity contribution >= 4 is 5.91 Å². The fourth-order valence-electron chi connectivity index (χ4n) is 4.16. The first-order valence-corrected chi connectivity index (χ1v) is 9.56. The van der Waals surface area contributed by atoms with Crippen LogP contribution in [-0.4, -0.2) is 36.0 Å². The second kappa shape index (κ2) is 8.63. The van der Waals surface area contributed by atoms with E-state index in [1.165, 1.54) is 32.1 Å². The Morgan fingerprint density at radius 1 is 1.08 bits per heavy atom. The van der Waals surface area contributed by atoms with Crippen LogP contribution in [0.1, 0.15) is 63.0 Å².